The van der Waals surface area contributed by atoms with Crippen molar-refractivity contribution >= 4 is 17.8 Å². The van der Waals surface area contributed by atoms with E-state index < -0.39 is 29.7 Å². The highest BCUT2D eigenvalue weighted by Crippen LogP contribution is 2.28. The molecule has 0 heterocycles. The summed E-state index contributed by atoms with van der Waals surface area (Å²) in [5.41, 5.74) is 7.34. The number of primary amides is 1. The lowest BCUT2D eigenvalue weighted by molar-refractivity contribution is -0.144. The topological polar surface area (TPSA) is 98.5 Å². The van der Waals surface area contributed by atoms with Gasteiger partial charge in [-0.3, -0.25) is 14.4 Å². The van der Waals surface area contributed by atoms with E-state index in [0.717, 1.165) is 11.1 Å². The number of carbonyl (C=O) groups is 3. The number of nitrogens with two attached hydrogens (primary N) is 1. The molecule has 0 aliphatic rings. The van der Waals surface area contributed by atoms with Gasteiger partial charge in [-0.25, -0.2) is 0 Å². The molecule has 0 aliphatic carbocycles. The molecule has 0 radical (unpaired) electrons. The van der Waals surface area contributed by atoms with Crippen LogP contribution in [0.3, 0.4) is 0 Å². The normalized spacial score (nSPS) is 11.6. The fourth-order valence-electron chi connectivity index (χ4n) is 2.91. The summed E-state index contributed by atoms with van der Waals surface area (Å²) in [6.45, 7) is 1.96. The molecular formula is C21H24N2O4. The number of ether oxygens (including phenoxy) is 1. The molecular weight excluding hydrogens is 344 g/mol. The predicted molar refractivity (Wildman–Crippen MR) is 102 cm³/mol. The van der Waals surface area contributed by atoms with Gasteiger partial charge in [0.05, 0.1) is 13.0 Å². The molecule has 2 amide bonds. The number of nitrogens with one attached hydrogen (secondary N) is 1. The van der Waals surface area contributed by atoms with E-state index in [-0.39, 0.29) is 19.4 Å². The summed E-state index contributed by atoms with van der Waals surface area (Å²) in [5.74, 6) is -1.96. The molecule has 0 aliphatic heterocycles. The van der Waals surface area contributed by atoms with Gasteiger partial charge in [-0.05, 0) is 18.1 Å². The van der Waals surface area contributed by atoms with Crippen molar-refractivity contribution in [1.82, 2.24) is 5.32 Å². The molecule has 1 atom stereocenters. The van der Waals surface area contributed by atoms with Crippen LogP contribution in [-0.2, 0) is 19.1 Å². The minimum Gasteiger partial charge on any atom is -0.466 e. The standard InChI is InChI=1S/C21H24N2O4/c1-2-27-18(25)14-13-17(24)23-20(21(22)26)19(15-9-5-3-6-10-15)16-11-7-4-8-12-16/h3-12,19-20H,2,13-14H2,1H3,(H2,22,26)(H,23,24)/t20-/m1/s1. The first-order valence-electron chi connectivity index (χ1n) is 8.87. The van der Waals surface area contributed by atoms with E-state index in [2.05, 4.69) is 5.32 Å². The molecule has 2 rings (SSSR count). The third-order valence-corrected chi connectivity index (χ3v) is 4.14. The van der Waals surface area contributed by atoms with Crippen LogP contribution >= 0.6 is 0 Å². The van der Waals surface area contributed by atoms with Crippen molar-refractivity contribution in [2.24, 2.45) is 5.73 Å². The molecule has 0 unspecified atom stereocenters. The first kappa shape index (κ1) is 20.2. The number of hydrogen-bond acceptors (Lipinski definition) is 4. The molecule has 3 N–H and O–H groups in total. The van der Waals surface area contributed by atoms with E-state index in [1.165, 1.54) is 0 Å². The largest absolute Gasteiger partial charge is 0.466 e. The van der Waals surface area contributed by atoms with Crippen LogP contribution in [0.15, 0.2) is 60.7 Å². The first-order chi connectivity index (χ1) is 13.0. The summed E-state index contributed by atoms with van der Waals surface area (Å²) in [7, 11) is 0. The molecule has 0 aromatic heterocycles. The van der Waals surface area contributed by atoms with Crippen molar-refractivity contribution in [1.29, 1.82) is 0 Å². The Hall–Kier alpha value is -3.15. The SMILES string of the molecule is CCOC(=O)CCC(=O)N[C@@H](C(N)=O)C(c1ccccc1)c1ccccc1. The maximum atomic E-state index is 12.3. The van der Waals surface area contributed by atoms with Crippen molar-refractivity contribution in [3.8, 4) is 0 Å². The third-order valence-electron chi connectivity index (χ3n) is 4.14. The van der Waals surface area contributed by atoms with E-state index in [0.29, 0.717) is 0 Å². The monoisotopic (exact) mass is 368 g/mol. The number of carbonyl (C=O) groups excluding carboxylic acids is 3. The van der Waals surface area contributed by atoms with E-state index in [1.54, 1.807) is 6.92 Å². The van der Waals surface area contributed by atoms with Gasteiger partial charge in [-0.2, -0.15) is 0 Å². The molecule has 6 heteroatoms. The lowest BCUT2D eigenvalue weighted by atomic mass is 9.84. The second kappa shape index (κ2) is 10.1. The lowest BCUT2D eigenvalue weighted by Gasteiger charge is -2.26. The second-order valence-corrected chi connectivity index (χ2v) is 6.05. The smallest absolute Gasteiger partial charge is 0.306 e. The Morgan fingerprint density at radius 1 is 0.926 bits per heavy atom. The number of esters is 1. The van der Waals surface area contributed by atoms with E-state index in [1.807, 2.05) is 60.7 Å². The highest BCUT2D eigenvalue weighted by atomic mass is 16.5. The number of amides is 2. The van der Waals surface area contributed by atoms with Gasteiger partial charge < -0.3 is 15.8 Å². The van der Waals surface area contributed by atoms with Crippen molar-refractivity contribution < 1.29 is 19.1 Å². The Bertz CT molecular complexity index is 723. The molecule has 0 saturated carbocycles. The fraction of sp³-hybridized carbons (Fsp3) is 0.286. The van der Waals surface area contributed by atoms with Crippen LogP contribution in [0.1, 0.15) is 36.8 Å². The second-order valence-electron chi connectivity index (χ2n) is 6.05. The Morgan fingerprint density at radius 3 is 1.89 bits per heavy atom. The maximum Gasteiger partial charge on any atom is 0.306 e. The van der Waals surface area contributed by atoms with Crippen LogP contribution in [0.2, 0.25) is 0 Å². The Balaban J connectivity index is 2.23. The molecule has 0 bridgehead atoms. The number of rotatable bonds is 9. The zero-order valence-electron chi connectivity index (χ0n) is 15.3. The Labute approximate surface area is 158 Å². The molecule has 0 saturated heterocycles. The van der Waals surface area contributed by atoms with Gasteiger partial charge in [0.1, 0.15) is 6.04 Å². The summed E-state index contributed by atoms with van der Waals surface area (Å²) in [4.78, 5) is 35.9. The van der Waals surface area contributed by atoms with Gasteiger partial charge in [-0.1, -0.05) is 60.7 Å². The van der Waals surface area contributed by atoms with Gasteiger partial charge in [0, 0.05) is 12.3 Å². The van der Waals surface area contributed by atoms with Crippen LogP contribution in [0.5, 0.6) is 0 Å². The Kier molecular flexibility index (Phi) is 7.55. The predicted octanol–water partition coefficient (Wildman–Crippen LogP) is 2.13. The summed E-state index contributed by atoms with van der Waals surface area (Å²) in [6.07, 6.45) is -0.120. The summed E-state index contributed by atoms with van der Waals surface area (Å²) < 4.78 is 4.82. The highest BCUT2D eigenvalue weighted by molar-refractivity contribution is 5.89. The molecule has 0 fully saturated rings. The minimum atomic E-state index is -0.940. The van der Waals surface area contributed by atoms with Crippen molar-refractivity contribution in [3.05, 3.63) is 71.8 Å². The summed E-state index contributed by atoms with van der Waals surface area (Å²) in [5, 5.41) is 2.69. The van der Waals surface area contributed by atoms with Gasteiger partial charge in [0.2, 0.25) is 11.8 Å². The molecule has 6 nitrogen and oxygen atoms in total. The third kappa shape index (κ3) is 5.95. The molecule has 2 aromatic carbocycles. The van der Waals surface area contributed by atoms with Gasteiger partial charge in [0.15, 0.2) is 0 Å². The molecule has 27 heavy (non-hydrogen) atoms. The molecule has 0 spiro atoms. The Morgan fingerprint density at radius 2 is 1.44 bits per heavy atom. The quantitative estimate of drug-likeness (QED) is 0.663. The zero-order valence-corrected chi connectivity index (χ0v) is 15.3. The van der Waals surface area contributed by atoms with Crippen molar-refractivity contribution in [2.75, 3.05) is 6.61 Å². The summed E-state index contributed by atoms with van der Waals surface area (Å²) in [6, 6.07) is 17.8. The van der Waals surface area contributed by atoms with Crippen LogP contribution in [0, 0.1) is 0 Å². The minimum absolute atomic E-state index is 0.0491. The number of benzene rings is 2. The van der Waals surface area contributed by atoms with Crippen molar-refractivity contribution in [2.45, 2.75) is 31.7 Å². The van der Waals surface area contributed by atoms with Crippen LogP contribution in [0.25, 0.3) is 0 Å². The van der Waals surface area contributed by atoms with Crippen LogP contribution in [0.4, 0.5) is 0 Å². The van der Waals surface area contributed by atoms with E-state index in [9.17, 15) is 14.4 Å². The first-order valence-corrected chi connectivity index (χ1v) is 8.87. The van der Waals surface area contributed by atoms with Crippen LogP contribution in [-0.4, -0.2) is 30.4 Å². The van der Waals surface area contributed by atoms with Gasteiger partial charge in [-0.15, -0.1) is 0 Å². The molecule has 142 valence electrons. The molecule has 2 aromatic rings. The van der Waals surface area contributed by atoms with Crippen molar-refractivity contribution in [3.63, 3.8) is 0 Å². The van der Waals surface area contributed by atoms with Crippen LogP contribution < -0.4 is 11.1 Å². The lowest BCUT2D eigenvalue weighted by Crippen LogP contribution is -2.48. The summed E-state index contributed by atoms with van der Waals surface area (Å²) >= 11 is 0. The highest BCUT2D eigenvalue weighted by Gasteiger charge is 2.30. The number of hydrogen-bond donors (Lipinski definition) is 2. The van der Waals surface area contributed by atoms with E-state index in [4.69, 9.17) is 10.5 Å². The average Bonchev–Trinajstić information content (AvgIpc) is 2.68. The maximum absolute atomic E-state index is 12.3. The average molecular weight is 368 g/mol. The fourth-order valence-corrected chi connectivity index (χ4v) is 2.91. The zero-order chi connectivity index (χ0) is 19.6. The van der Waals surface area contributed by atoms with E-state index >= 15 is 0 Å². The van der Waals surface area contributed by atoms with Gasteiger partial charge >= 0.3 is 5.97 Å². The van der Waals surface area contributed by atoms with Gasteiger partial charge in [0.25, 0.3) is 0 Å².